The van der Waals surface area contributed by atoms with Crippen LogP contribution < -0.4 is 0 Å². The SMILES string of the molecule is CCS(=O)(=O)[C@H](Br)[C@@H](O)c1ccc([N+](=O)[O-])cc1. The smallest absolute Gasteiger partial charge is 0.269 e. The van der Waals surface area contributed by atoms with Gasteiger partial charge in [-0.1, -0.05) is 22.9 Å². The maximum atomic E-state index is 11.6. The van der Waals surface area contributed by atoms with E-state index < -0.39 is 25.0 Å². The molecule has 0 saturated carbocycles. The number of hydrogen-bond acceptors (Lipinski definition) is 5. The van der Waals surface area contributed by atoms with E-state index >= 15 is 0 Å². The molecule has 18 heavy (non-hydrogen) atoms. The predicted molar refractivity (Wildman–Crippen MR) is 70.2 cm³/mol. The van der Waals surface area contributed by atoms with E-state index in [2.05, 4.69) is 15.9 Å². The van der Waals surface area contributed by atoms with E-state index in [-0.39, 0.29) is 11.4 Å². The van der Waals surface area contributed by atoms with Crippen molar-refractivity contribution in [3.05, 3.63) is 39.9 Å². The van der Waals surface area contributed by atoms with Crippen LogP contribution in [0.2, 0.25) is 0 Å². The van der Waals surface area contributed by atoms with Crippen molar-refractivity contribution < 1.29 is 18.4 Å². The highest BCUT2D eigenvalue weighted by molar-refractivity contribution is 9.11. The largest absolute Gasteiger partial charge is 0.386 e. The molecule has 0 unspecified atom stereocenters. The van der Waals surface area contributed by atoms with Crippen LogP contribution in [-0.4, -0.2) is 28.4 Å². The van der Waals surface area contributed by atoms with Gasteiger partial charge in [-0.3, -0.25) is 10.1 Å². The molecular formula is C10H12BrNO5S. The third-order valence-corrected chi connectivity index (χ3v) is 6.40. The Morgan fingerprint density at radius 1 is 1.39 bits per heavy atom. The fourth-order valence-electron chi connectivity index (χ4n) is 1.30. The Kier molecular flexibility index (Phi) is 4.83. The zero-order valence-corrected chi connectivity index (χ0v) is 11.9. The number of aliphatic hydroxyl groups is 1. The molecule has 1 rings (SSSR count). The van der Waals surface area contributed by atoms with E-state index in [4.69, 9.17) is 0 Å². The number of nitro groups is 1. The molecule has 1 aromatic carbocycles. The fraction of sp³-hybridized carbons (Fsp3) is 0.400. The molecule has 0 saturated heterocycles. The van der Waals surface area contributed by atoms with Gasteiger partial charge in [0.1, 0.15) is 10.3 Å². The molecule has 0 aliphatic carbocycles. The van der Waals surface area contributed by atoms with Crippen LogP contribution in [0.1, 0.15) is 18.6 Å². The Bertz CT molecular complexity index is 528. The van der Waals surface area contributed by atoms with E-state index in [9.17, 15) is 23.6 Å². The summed E-state index contributed by atoms with van der Waals surface area (Å²) in [6.45, 7) is 1.48. The number of hydrogen-bond donors (Lipinski definition) is 1. The molecule has 0 aromatic heterocycles. The monoisotopic (exact) mass is 337 g/mol. The van der Waals surface area contributed by atoms with Gasteiger partial charge in [0.2, 0.25) is 0 Å². The lowest BCUT2D eigenvalue weighted by Crippen LogP contribution is -2.24. The van der Waals surface area contributed by atoms with Crippen LogP contribution in [0.4, 0.5) is 5.69 Å². The molecule has 0 spiro atoms. The van der Waals surface area contributed by atoms with Crippen LogP contribution >= 0.6 is 15.9 Å². The second kappa shape index (κ2) is 5.77. The van der Waals surface area contributed by atoms with Gasteiger partial charge < -0.3 is 5.11 Å². The van der Waals surface area contributed by atoms with Crippen LogP contribution in [-0.2, 0) is 9.84 Å². The normalized spacial score (nSPS) is 15.1. The molecule has 0 heterocycles. The highest BCUT2D eigenvalue weighted by atomic mass is 79.9. The molecule has 0 aliphatic heterocycles. The standard InChI is InChI=1S/C10H12BrNO5S/c1-2-18(16,17)10(11)9(13)7-3-5-8(6-4-7)12(14)15/h3-6,9-10,13H,2H2,1H3/t9-,10-/m0/s1. The van der Waals surface area contributed by atoms with Gasteiger partial charge >= 0.3 is 0 Å². The lowest BCUT2D eigenvalue weighted by molar-refractivity contribution is -0.384. The van der Waals surface area contributed by atoms with Gasteiger partial charge in [0.25, 0.3) is 5.69 Å². The van der Waals surface area contributed by atoms with Gasteiger partial charge in [-0.2, -0.15) is 0 Å². The topological polar surface area (TPSA) is 97.5 Å². The summed E-state index contributed by atoms with van der Waals surface area (Å²) in [7, 11) is -3.44. The van der Waals surface area contributed by atoms with Crippen LogP contribution in [0.5, 0.6) is 0 Å². The highest BCUT2D eigenvalue weighted by Gasteiger charge is 2.29. The van der Waals surface area contributed by atoms with Crippen molar-refractivity contribution in [3.8, 4) is 0 Å². The molecule has 0 amide bonds. The first-order chi connectivity index (χ1) is 8.29. The van der Waals surface area contributed by atoms with E-state index in [1.54, 1.807) is 0 Å². The molecule has 1 aromatic rings. The maximum Gasteiger partial charge on any atom is 0.269 e. The summed E-state index contributed by atoms with van der Waals surface area (Å²) in [5.41, 5.74) is 0.190. The average molecular weight is 338 g/mol. The van der Waals surface area contributed by atoms with Gasteiger partial charge in [0, 0.05) is 17.9 Å². The zero-order chi connectivity index (χ0) is 13.9. The number of aliphatic hydroxyl groups excluding tert-OH is 1. The molecule has 8 heteroatoms. The van der Waals surface area contributed by atoms with E-state index in [1.165, 1.54) is 31.2 Å². The van der Waals surface area contributed by atoms with Crippen molar-refractivity contribution in [1.29, 1.82) is 0 Å². The Morgan fingerprint density at radius 3 is 2.28 bits per heavy atom. The minimum Gasteiger partial charge on any atom is -0.386 e. The van der Waals surface area contributed by atoms with Crippen molar-refractivity contribution in [3.63, 3.8) is 0 Å². The molecule has 2 atom stereocenters. The molecule has 0 bridgehead atoms. The number of non-ortho nitro benzene ring substituents is 1. The third-order valence-electron chi connectivity index (χ3n) is 2.44. The molecule has 100 valence electrons. The predicted octanol–water partition coefficient (Wildman–Crippen LogP) is 1.78. The van der Waals surface area contributed by atoms with Crippen LogP contribution in [0.15, 0.2) is 24.3 Å². The van der Waals surface area contributed by atoms with E-state index in [0.717, 1.165) is 0 Å². The summed E-state index contributed by atoms with van der Waals surface area (Å²) in [6, 6.07) is 5.11. The Morgan fingerprint density at radius 2 is 1.89 bits per heavy atom. The molecular weight excluding hydrogens is 326 g/mol. The summed E-state index contributed by atoms with van der Waals surface area (Å²) in [6.07, 6.45) is -1.27. The lowest BCUT2D eigenvalue weighted by atomic mass is 10.1. The Labute approximate surface area is 113 Å². The first-order valence-corrected chi connectivity index (χ1v) is 7.70. The van der Waals surface area contributed by atoms with Crippen molar-refractivity contribution >= 4 is 31.5 Å². The summed E-state index contributed by atoms with van der Waals surface area (Å²) in [5.74, 6) is -0.104. The third kappa shape index (κ3) is 3.27. The molecule has 6 nitrogen and oxygen atoms in total. The zero-order valence-electron chi connectivity index (χ0n) is 9.48. The first-order valence-electron chi connectivity index (χ1n) is 5.07. The maximum absolute atomic E-state index is 11.6. The van der Waals surface area contributed by atoms with Crippen LogP contribution in [0.25, 0.3) is 0 Å². The van der Waals surface area contributed by atoms with Crippen LogP contribution in [0, 0.1) is 10.1 Å². The summed E-state index contributed by atoms with van der Waals surface area (Å²) < 4.78 is 22.0. The molecule has 0 fully saturated rings. The molecule has 0 radical (unpaired) electrons. The number of nitro benzene ring substituents is 1. The Hall–Kier alpha value is -0.990. The van der Waals surface area contributed by atoms with Crippen molar-refractivity contribution in [2.75, 3.05) is 5.75 Å². The van der Waals surface area contributed by atoms with Crippen molar-refractivity contribution in [1.82, 2.24) is 0 Å². The lowest BCUT2D eigenvalue weighted by Gasteiger charge is -2.17. The minimum absolute atomic E-state index is 0.104. The summed E-state index contributed by atoms with van der Waals surface area (Å²) >= 11 is 2.94. The number of sulfone groups is 1. The summed E-state index contributed by atoms with van der Waals surface area (Å²) in [5, 5.41) is 20.3. The van der Waals surface area contributed by atoms with Gasteiger partial charge in [-0.25, -0.2) is 8.42 Å². The fourth-order valence-corrected chi connectivity index (χ4v) is 3.27. The van der Waals surface area contributed by atoms with Crippen LogP contribution in [0.3, 0.4) is 0 Å². The van der Waals surface area contributed by atoms with Gasteiger partial charge in [-0.05, 0) is 17.7 Å². The minimum atomic E-state index is -3.44. The second-order valence-corrected chi connectivity index (χ2v) is 7.60. The average Bonchev–Trinajstić information content (AvgIpc) is 2.37. The van der Waals surface area contributed by atoms with Gasteiger partial charge in [0.15, 0.2) is 9.84 Å². The number of alkyl halides is 1. The number of rotatable bonds is 5. The number of benzene rings is 1. The first kappa shape index (κ1) is 15.1. The Balaban J connectivity index is 2.98. The van der Waals surface area contributed by atoms with E-state index in [1.807, 2.05) is 0 Å². The second-order valence-electron chi connectivity index (χ2n) is 3.60. The van der Waals surface area contributed by atoms with Gasteiger partial charge in [0.05, 0.1) is 4.92 Å². The number of halogens is 1. The van der Waals surface area contributed by atoms with Gasteiger partial charge in [-0.15, -0.1) is 0 Å². The van der Waals surface area contributed by atoms with Crippen molar-refractivity contribution in [2.24, 2.45) is 0 Å². The summed E-state index contributed by atoms with van der Waals surface area (Å²) in [4.78, 5) is 9.89. The molecule has 1 N–H and O–H groups in total. The molecule has 0 aliphatic rings. The highest BCUT2D eigenvalue weighted by Crippen LogP contribution is 2.28. The van der Waals surface area contributed by atoms with E-state index in [0.29, 0.717) is 5.56 Å². The number of nitrogens with zero attached hydrogens (tertiary/aromatic N) is 1. The quantitative estimate of drug-likeness (QED) is 0.501. The van der Waals surface area contributed by atoms with Crippen molar-refractivity contribution in [2.45, 2.75) is 17.2 Å².